The van der Waals surface area contributed by atoms with Gasteiger partial charge < -0.3 is 10.1 Å². The summed E-state index contributed by atoms with van der Waals surface area (Å²) >= 11 is 5.94. The molecular weight excluding hydrogens is 380 g/mol. The Morgan fingerprint density at radius 1 is 1.21 bits per heavy atom. The van der Waals surface area contributed by atoms with Gasteiger partial charge in [-0.1, -0.05) is 25.4 Å². The van der Waals surface area contributed by atoms with Crippen LogP contribution in [-0.2, 0) is 11.2 Å². The van der Waals surface area contributed by atoms with Crippen molar-refractivity contribution in [1.82, 2.24) is 9.88 Å². The zero-order valence-electron chi connectivity index (χ0n) is 16.2. The monoisotopic (exact) mass is 402 g/mol. The van der Waals surface area contributed by atoms with E-state index in [4.69, 9.17) is 16.3 Å². The van der Waals surface area contributed by atoms with Crippen molar-refractivity contribution in [1.29, 1.82) is 0 Å². The molecule has 28 heavy (non-hydrogen) atoms. The second-order valence-electron chi connectivity index (χ2n) is 7.74. The van der Waals surface area contributed by atoms with Crippen molar-refractivity contribution in [2.24, 2.45) is 5.41 Å². The van der Waals surface area contributed by atoms with E-state index < -0.39 is 11.5 Å². The standard InChI is InChI=1S/C21H23ClN2O4/c1-21(2)10-15-16(17(25)11-21)12-24(14-6-4-13(22)5-7-14)20(27)18(15)19(26)23-8-9-28-3/h4-7,12H,8-11H2,1-3H3,(H,23,26). The number of rotatable bonds is 5. The Balaban J connectivity index is 2.20. The van der Waals surface area contributed by atoms with Crippen LogP contribution >= 0.6 is 11.6 Å². The van der Waals surface area contributed by atoms with Crippen LogP contribution in [0.3, 0.4) is 0 Å². The first-order chi connectivity index (χ1) is 13.2. The zero-order chi connectivity index (χ0) is 20.5. The van der Waals surface area contributed by atoms with Crippen molar-refractivity contribution in [2.45, 2.75) is 26.7 Å². The van der Waals surface area contributed by atoms with Crippen LogP contribution in [-0.4, -0.2) is 36.5 Å². The van der Waals surface area contributed by atoms with Gasteiger partial charge in [-0.2, -0.15) is 0 Å². The lowest BCUT2D eigenvalue weighted by atomic mass is 9.73. The maximum absolute atomic E-state index is 13.2. The molecule has 0 saturated heterocycles. The molecule has 1 aliphatic rings. The number of nitrogens with one attached hydrogen (secondary N) is 1. The Bertz CT molecular complexity index is 977. The lowest BCUT2D eigenvalue weighted by Gasteiger charge is -2.31. The van der Waals surface area contributed by atoms with E-state index in [-0.39, 0.29) is 23.3 Å². The van der Waals surface area contributed by atoms with Crippen LogP contribution in [0.4, 0.5) is 0 Å². The van der Waals surface area contributed by atoms with E-state index in [1.807, 2.05) is 13.8 Å². The van der Waals surface area contributed by atoms with Gasteiger partial charge in [-0.15, -0.1) is 0 Å². The van der Waals surface area contributed by atoms with Gasteiger partial charge in [-0.25, -0.2) is 0 Å². The number of carbonyl (C=O) groups excluding carboxylic acids is 2. The molecule has 7 heteroatoms. The summed E-state index contributed by atoms with van der Waals surface area (Å²) in [4.78, 5) is 38.9. The molecule has 0 fully saturated rings. The van der Waals surface area contributed by atoms with Crippen molar-refractivity contribution in [3.63, 3.8) is 0 Å². The molecule has 0 unspecified atom stereocenters. The summed E-state index contributed by atoms with van der Waals surface area (Å²) in [5.74, 6) is -0.563. The van der Waals surface area contributed by atoms with Crippen LogP contribution in [0.25, 0.3) is 5.69 Å². The number of carbonyl (C=O) groups is 2. The number of methoxy groups -OCH3 is 1. The fraction of sp³-hybridized carbons (Fsp3) is 0.381. The van der Waals surface area contributed by atoms with Crippen molar-refractivity contribution < 1.29 is 14.3 Å². The third-order valence-electron chi connectivity index (χ3n) is 4.84. The molecule has 148 valence electrons. The van der Waals surface area contributed by atoms with E-state index in [1.165, 1.54) is 11.7 Å². The van der Waals surface area contributed by atoms with Gasteiger partial charge in [0.25, 0.3) is 11.5 Å². The number of fused-ring (bicyclic) bond motifs is 1. The van der Waals surface area contributed by atoms with E-state index in [1.54, 1.807) is 30.5 Å². The van der Waals surface area contributed by atoms with Gasteiger partial charge in [-0.05, 0) is 41.7 Å². The molecule has 1 aromatic heterocycles. The summed E-state index contributed by atoms with van der Waals surface area (Å²) in [6.07, 6.45) is 2.39. The first-order valence-electron chi connectivity index (χ1n) is 9.08. The van der Waals surface area contributed by atoms with Gasteiger partial charge in [-0.3, -0.25) is 19.0 Å². The number of Topliss-reactive ketones (excluding diaryl/α,β-unsaturated/α-hetero) is 1. The molecule has 0 bridgehead atoms. The van der Waals surface area contributed by atoms with Crippen molar-refractivity contribution >= 4 is 23.3 Å². The lowest BCUT2D eigenvalue weighted by molar-refractivity contribution is 0.0907. The van der Waals surface area contributed by atoms with Crippen LogP contribution in [0.15, 0.2) is 35.3 Å². The molecule has 0 atom stereocenters. The predicted molar refractivity (Wildman–Crippen MR) is 108 cm³/mol. The Morgan fingerprint density at radius 2 is 1.89 bits per heavy atom. The summed E-state index contributed by atoms with van der Waals surface area (Å²) in [6.45, 7) is 4.53. The molecule has 1 aromatic carbocycles. The van der Waals surface area contributed by atoms with Crippen LogP contribution in [0.2, 0.25) is 5.02 Å². The van der Waals surface area contributed by atoms with Crippen LogP contribution in [0, 0.1) is 5.41 Å². The van der Waals surface area contributed by atoms with Gasteiger partial charge in [0.05, 0.1) is 6.61 Å². The maximum Gasteiger partial charge on any atom is 0.268 e. The Kier molecular flexibility index (Phi) is 5.72. The average molecular weight is 403 g/mol. The molecule has 0 radical (unpaired) electrons. The van der Waals surface area contributed by atoms with Crippen LogP contribution in [0.1, 0.15) is 46.5 Å². The Morgan fingerprint density at radius 3 is 2.54 bits per heavy atom. The van der Waals surface area contributed by atoms with Gasteiger partial charge in [0.1, 0.15) is 5.56 Å². The molecular formula is C21H23ClN2O4. The molecule has 3 rings (SSSR count). The third kappa shape index (κ3) is 4.03. The number of hydrogen-bond acceptors (Lipinski definition) is 4. The number of amides is 1. The van der Waals surface area contributed by atoms with E-state index in [2.05, 4.69) is 5.32 Å². The Hall–Kier alpha value is -2.44. The molecule has 0 aliphatic heterocycles. The highest BCUT2D eigenvalue weighted by Crippen LogP contribution is 2.35. The Labute approximate surface area is 168 Å². The fourth-order valence-electron chi connectivity index (χ4n) is 3.53. The number of halogens is 1. The first kappa shape index (κ1) is 20.3. The van der Waals surface area contributed by atoms with E-state index >= 15 is 0 Å². The molecule has 0 saturated carbocycles. The summed E-state index contributed by atoms with van der Waals surface area (Å²) < 4.78 is 6.30. The number of ketones is 1. The average Bonchev–Trinajstić information content (AvgIpc) is 2.61. The molecule has 0 spiro atoms. The lowest BCUT2D eigenvalue weighted by Crippen LogP contribution is -2.39. The van der Waals surface area contributed by atoms with Gasteiger partial charge in [0, 0.05) is 42.5 Å². The van der Waals surface area contributed by atoms with Gasteiger partial charge in [0.15, 0.2) is 5.78 Å². The SMILES string of the molecule is COCCNC(=O)c1c2c(cn(-c3ccc(Cl)cc3)c1=O)C(=O)CC(C)(C)C2. The normalized spacial score (nSPS) is 15.2. The molecule has 1 heterocycles. The minimum absolute atomic E-state index is 0.0182. The zero-order valence-corrected chi connectivity index (χ0v) is 16.9. The molecule has 1 amide bonds. The number of benzene rings is 1. The molecule has 1 N–H and O–H groups in total. The summed E-state index contributed by atoms with van der Waals surface area (Å²) in [6, 6.07) is 6.68. The first-order valence-corrected chi connectivity index (χ1v) is 9.46. The highest BCUT2D eigenvalue weighted by Gasteiger charge is 2.35. The molecule has 6 nitrogen and oxygen atoms in total. The summed E-state index contributed by atoms with van der Waals surface area (Å²) in [5.41, 5.74) is 0.731. The van der Waals surface area contributed by atoms with Crippen LogP contribution in [0.5, 0.6) is 0 Å². The second kappa shape index (κ2) is 7.89. The highest BCUT2D eigenvalue weighted by molar-refractivity contribution is 6.30. The number of nitrogens with zero attached hydrogens (tertiary/aromatic N) is 1. The summed E-state index contributed by atoms with van der Waals surface area (Å²) in [5, 5.41) is 3.24. The number of pyridine rings is 1. The predicted octanol–water partition coefficient (Wildman–Crippen LogP) is 3.02. The molecule has 1 aliphatic carbocycles. The molecule has 2 aromatic rings. The minimum atomic E-state index is -0.493. The van der Waals surface area contributed by atoms with E-state index in [9.17, 15) is 14.4 Å². The van der Waals surface area contributed by atoms with Gasteiger partial charge >= 0.3 is 0 Å². The van der Waals surface area contributed by atoms with Crippen LogP contribution < -0.4 is 10.9 Å². The highest BCUT2D eigenvalue weighted by atomic mass is 35.5. The quantitative estimate of drug-likeness (QED) is 0.780. The minimum Gasteiger partial charge on any atom is -0.383 e. The van der Waals surface area contributed by atoms with Crippen molar-refractivity contribution in [3.05, 3.63) is 62.5 Å². The fourth-order valence-corrected chi connectivity index (χ4v) is 3.65. The van der Waals surface area contributed by atoms with Crippen molar-refractivity contribution in [3.8, 4) is 5.69 Å². The second-order valence-corrected chi connectivity index (χ2v) is 8.17. The topological polar surface area (TPSA) is 77.4 Å². The maximum atomic E-state index is 13.2. The third-order valence-corrected chi connectivity index (χ3v) is 5.09. The van der Waals surface area contributed by atoms with E-state index in [0.717, 1.165) is 0 Å². The number of aromatic nitrogens is 1. The summed E-state index contributed by atoms with van der Waals surface area (Å²) in [7, 11) is 1.53. The number of hydrogen-bond donors (Lipinski definition) is 1. The largest absolute Gasteiger partial charge is 0.383 e. The number of ether oxygens (including phenoxy) is 1. The van der Waals surface area contributed by atoms with E-state index in [0.29, 0.717) is 41.3 Å². The van der Waals surface area contributed by atoms with Gasteiger partial charge in [0.2, 0.25) is 0 Å². The van der Waals surface area contributed by atoms with Crippen molar-refractivity contribution in [2.75, 3.05) is 20.3 Å². The smallest absolute Gasteiger partial charge is 0.268 e.